The van der Waals surface area contributed by atoms with Gasteiger partial charge in [-0.05, 0) is 125 Å². The van der Waals surface area contributed by atoms with Gasteiger partial charge in [0.05, 0.1) is 29.4 Å². The molecule has 3 aliphatic heterocycles. The van der Waals surface area contributed by atoms with E-state index >= 15 is 0 Å². The Hall–Kier alpha value is -5.37. The number of alkyl halides is 3. The minimum atomic E-state index is -4.78. The number of nitrogens with zero attached hydrogens (tertiary/aromatic N) is 5. The van der Waals surface area contributed by atoms with Crippen LogP contribution < -0.4 is 25.8 Å². The van der Waals surface area contributed by atoms with Gasteiger partial charge in [-0.1, -0.05) is 19.1 Å². The van der Waals surface area contributed by atoms with E-state index in [1.807, 2.05) is 24.3 Å². The standard InChI is InChI=1S/C42H47F3N8O4S/c1-5-27-20-33(53-40(58)52(39(57)41(53,3)4)32-13-12-29(23-46)34(22-32)42(43,44)45)14-11-28(27)8-7-17-50-18-19-51(26(2)24-50)25-37(55)48-31-10-6-9-30(21-31)47-35-15-16-36(54)49-38(35)56/h6,9-14,20-22,26,35,47H,5,7-8,15-19,24-25H2,1-4H3,(H,48,55)(H,49,54,56)/t26-,35?/m0/s1. The van der Waals surface area contributed by atoms with Crippen molar-refractivity contribution in [2.45, 2.75) is 83.6 Å². The van der Waals surface area contributed by atoms with Crippen LogP contribution in [0, 0.1) is 11.3 Å². The maximum atomic E-state index is 13.8. The van der Waals surface area contributed by atoms with E-state index in [9.17, 15) is 37.6 Å². The van der Waals surface area contributed by atoms with Gasteiger partial charge in [-0.2, -0.15) is 18.4 Å². The largest absolute Gasteiger partial charge is 0.417 e. The Bertz CT molecular complexity index is 2150. The topological polar surface area (TPSA) is 141 Å². The van der Waals surface area contributed by atoms with Crippen LogP contribution >= 0.6 is 12.2 Å². The lowest BCUT2D eigenvalue weighted by Crippen LogP contribution is -2.53. The van der Waals surface area contributed by atoms with Crippen LogP contribution in [0.5, 0.6) is 0 Å². The Morgan fingerprint density at radius 3 is 2.45 bits per heavy atom. The van der Waals surface area contributed by atoms with Crippen molar-refractivity contribution in [1.82, 2.24) is 15.1 Å². The number of nitrogens with one attached hydrogen (secondary N) is 3. The first-order valence-corrected chi connectivity index (χ1v) is 19.8. The van der Waals surface area contributed by atoms with Crippen LogP contribution in [0.25, 0.3) is 0 Å². The average Bonchev–Trinajstić information content (AvgIpc) is 3.35. The molecular weight excluding hydrogens is 770 g/mol. The molecule has 306 valence electrons. The molecule has 3 aliphatic rings. The molecule has 2 atom stereocenters. The summed E-state index contributed by atoms with van der Waals surface area (Å²) >= 11 is 5.74. The summed E-state index contributed by atoms with van der Waals surface area (Å²) in [6.45, 7) is 11.0. The Labute approximate surface area is 341 Å². The van der Waals surface area contributed by atoms with Crippen molar-refractivity contribution in [3.8, 4) is 6.07 Å². The molecule has 16 heteroatoms. The molecule has 3 fully saturated rings. The van der Waals surface area contributed by atoms with Crippen molar-refractivity contribution in [1.29, 1.82) is 5.26 Å². The van der Waals surface area contributed by atoms with Gasteiger partial charge in [0, 0.05) is 49.2 Å². The number of thiocarbonyl (C=S) groups is 1. The predicted octanol–water partition coefficient (Wildman–Crippen LogP) is 5.85. The number of benzene rings is 3. The smallest absolute Gasteiger partial charge is 0.374 e. The molecule has 6 rings (SSSR count). The third-order valence-electron chi connectivity index (χ3n) is 11.0. The summed E-state index contributed by atoms with van der Waals surface area (Å²) in [7, 11) is 0. The van der Waals surface area contributed by atoms with Gasteiger partial charge in [0.1, 0.15) is 11.6 Å². The Balaban J connectivity index is 1.01. The monoisotopic (exact) mass is 816 g/mol. The predicted molar refractivity (Wildman–Crippen MR) is 219 cm³/mol. The van der Waals surface area contributed by atoms with E-state index in [4.69, 9.17) is 12.2 Å². The van der Waals surface area contributed by atoms with Crippen LogP contribution in [0.1, 0.15) is 69.2 Å². The summed E-state index contributed by atoms with van der Waals surface area (Å²) < 4.78 is 41.4. The van der Waals surface area contributed by atoms with Gasteiger partial charge in [-0.3, -0.25) is 34.3 Å². The van der Waals surface area contributed by atoms with E-state index < -0.39 is 34.8 Å². The van der Waals surface area contributed by atoms with Crippen LogP contribution in [-0.2, 0) is 38.2 Å². The van der Waals surface area contributed by atoms with Crippen LogP contribution in [0.3, 0.4) is 0 Å². The number of carbonyl (C=O) groups is 4. The van der Waals surface area contributed by atoms with Crippen LogP contribution in [-0.4, -0.2) is 88.9 Å². The van der Waals surface area contributed by atoms with Crippen molar-refractivity contribution in [2.24, 2.45) is 0 Å². The lowest BCUT2D eigenvalue weighted by molar-refractivity contribution is -0.138. The molecular formula is C42H47F3N8O4S. The van der Waals surface area contributed by atoms with Crippen LogP contribution in [0.15, 0.2) is 60.7 Å². The van der Waals surface area contributed by atoms with Crippen molar-refractivity contribution in [2.75, 3.05) is 53.2 Å². The molecule has 12 nitrogen and oxygen atoms in total. The van der Waals surface area contributed by atoms with Crippen LogP contribution in [0.4, 0.5) is 35.9 Å². The first-order chi connectivity index (χ1) is 27.5. The Morgan fingerprint density at radius 1 is 1.02 bits per heavy atom. The summed E-state index contributed by atoms with van der Waals surface area (Å²) in [5.41, 5.74) is 1.31. The highest BCUT2D eigenvalue weighted by atomic mass is 32.1. The number of amides is 4. The minimum absolute atomic E-state index is 0.0495. The normalized spacial score (nSPS) is 20.2. The lowest BCUT2D eigenvalue weighted by Gasteiger charge is -2.39. The number of piperidine rings is 1. The molecule has 0 saturated carbocycles. The summed E-state index contributed by atoms with van der Waals surface area (Å²) in [4.78, 5) is 57.7. The molecule has 3 saturated heterocycles. The lowest BCUT2D eigenvalue weighted by atomic mass is 9.97. The van der Waals surface area contributed by atoms with Crippen molar-refractivity contribution in [3.05, 3.63) is 82.9 Å². The molecule has 1 unspecified atom stereocenters. The van der Waals surface area contributed by atoms with Gasteiger partial charge in [-0.15, -0.1) is 0 Å². The summed E-state index contributed by atoms with van der Waals surface area (Å²) in [6, 6.07) is 17.5. The van der Waals surface area contributed by atoms with E-state index in [2.05, 4.69) is 39.6 Å². The van der Waals surface area contributed by atoms with Crippen molar-refractivity contribution >= 4 is 63.7 Å². The Morgan fingerprint density at radius 2 is 1.76 bits per heavy atom. The fourth-order valence-electron chi connectivity index (χ4n) is 7.89. The zero-order chi connectivity index (χ0) is 41.9. The molecule has 0 bridgehead atoms. The zero-order valence-electron chi connectivity index (χ0n) is 32.9. The first-order valence-electron chi connectivity index (χ1n) is 19.4. The van der Waals surface area contributed by atoms with Crippen molar-refractivity contribution < 1.29 is 32.3 Å². The fraction of sp³-hybridized carbons (Fsp3) is 0.429. The summed E-state index contributed by atoms with van der Waals surface area (Å²) in [5, 5.41) is 17.7. The van der Waals surface area contributed by atoms with Gasteiger partial charge >= 0.3 is 6.18 Å². The van der Waals surface area contributed by atoms with Gasteiger partial charge < -0.3 is 20.4 Å². The molecule has 0 aliphatic carbocycles. The SMILES string of the molecule is CCc1cc(N2C(=S)N(c3ccc(C#N)c(C(F)(F)F)c3)C(=O)C2(C)C)ccc1CCCN1CCN(CC(=O)Nc2cccc(NC3CCC(=O)NC3=O)c2)[C@@H](C)C1. The zero-order valence-corrected chi connectivity index (χ0v) is 33.7. The highest BCUT2D eigenvalue weighted by Gasteiger charge is 2.51. The molecule has 3 aromatic carbocycles. The second kappa shape index (κ2) is 17.2. The highest BCUT2D eigenvalue weighted by Crippen LogP contribution is 2.40. The average molecular weight is 817 g/mol. The summed E-state index contributed by atoms with van der Waals surface area (Å²) in [6.07, 6.45) is -1.65. The number of piperazine rings is 1. The Kier molecular flexibility index (Phi) is 12.6. The molecule has 58 heavy (non-hydrogen) atoms. The number of nitriles is 1. The number of hydrogen-bond acceptors (Lipinski definition) is 9. The fourth-order valence-corrected chi connectivity index (χ4v) is 8.41. The first kappa shape index (κ1) is 42.2. The number of carbonyl (C=O) groups excluding carboxylic acids is 4. The highest BCUT2D eigenvalue weighted by molar-refractivity contribution is 7.81. The van der Waals surface area contributed by atoms with E-state index in [1.54, 1.807) is 43.0 Å². The second-order valence-electron chi connectivity index (χ2n) is 15.5. The molecule has 4 amide bonds. The van der Waals surface area contributed by atoms with Crippen LogP contribution in [0.2, 0.25) is 0 Å². The maximum Gasteiger partial charge on any atom is 0.417 e. The number of hydrogen-bond donors (Lipinski definition) is 3. The van der Waals surface area contributed by atoms with Gasteiger partial charge in [0.15, 0.2) is 5.11 Å². The summed E-state index contributed by atoms with van der Waals surface area (Å²) in [5.74, 6) is -1.24. The van der Waals surface area contributed by atoms with Gasteiger partial charge in [0.2, 0.25) is 17.7 Å². The van der Waals surface area contributed by atoms with E-state index in [-0.39, 0.29) is 47.5 Å². The molecule has 3 N–H and O–H groups in total. The minimum Gasteiger partial charge on any atom is -0.374 e. The molecule has 0 radical (unpaired) electrons. The van der Waals surface area contributed by atoms with E-state index in [0.29, 0.717) is 23.5 Å². The van der Waals surface area contributed by atoms with E-state index in [1.165, 1.54) is 11.6 Å². The van der Waals surface area contributed by atoms with Crippen molar-refractivity contribution in [3.63, 3.8) is 0 Å². The quantitative estimate of drug-likeness (QED) is 0.151. The van der Waals surface area contributed by atoms with E-state index in [0.717, 1.165) is 68.0 Å². The molecule has 3 aromatic rings. The molecule has 3 heterocycles. The van der Waals surface area contributed by atoms with Gasteiger partial charge in [0.25, 0.3) is 5.91 Å². The van der Waals surface area contributed by atoms with Gasteiger partial charge in [-0.25, -0.2) is 0 Å². The second-order valence-corrected chi connectivity index (χ2v) is 15.8. The number of aryl methyl sites for hydroxylation is 2. The number of imide groups is 1. The number of anilines is 4. The molecule has 0 aromatic heterocycles. The number of halogens is 3. The third-order valence-corrected chi connectivity index (χ3v) is 11.4. The number of rotatable bonds is 12. The third kappa shape index (κ3) is 9.17. The maximum absolute atomic E-state index is 13.8. The molecule has 0 spiro atoms.